The van der Waals surface area contributed by atoms with Gasteiger partial charge in [0.1, 0.15) is 0 Å². The summed E-state index contributed by atoms with van der Waals surface area (Å²) in [4.78, 5) is 12.2. The van der Waals surface area contributed by atoms with Crippen molar-refractivity contribution in [2.24, 2.45) is 5.92 Å². The first-order valence-corrected chi connectivity index (χ1v) is 10.5. The number of amides is 1. The number of rotatable bonds is 6. The molecule has 2 aliphatic rings. The van der Waals surface area contributed by atoms with Gasteiger partial charge in [-0.15, -0.1) is 0 Å². The van der Waals surface area contributed by atoms with Crippen molar-refractivity contribution >= 4 is 31.9 Å². The Labute approximate surface area is 150 Å². The van der Waals surface area contributed by atoms with E-state index >= 15 is 0 Å². The minimum atomic E-state index is -3.32. The zero-order chi connectivity index (χ0) is 17.2. The smallest absolute Gasteiger partial charge is 0.223 e. The Balaban J connectivity index is 1.44. The molecule has 2 fully saturated rings. The van der Waals surface area contributed by atoms with Crippen molar-refractivity contribution < 1.29 is 17.9 Å². The van der Waals surface area contributed by atoms with Crippen molar-refractivity contribution in [3.8, 4) is 0 Å². The summed E-state index contributed by atoms with van der Waals surface area (Å²) in [5, 5.41) is 2.77. The molecule has 1 N–H and O–H groups in total. The number of benzene rings is 1. The largest absolute Gasteiger partial charge is 0.379 e. The van der Waals surface area contributed by atoms with Crippen LogP contribution in [0.3, 0.4) is 0 Å². The lowest BCUT2D eigenvalue weighted by Crippen LogP contribution is -2.44. The summed E-state index contributed by atoms with van der Waals surface area (Å²) in [6.07, 6.45) is 0.823. The van der Waals surface area contributed by atoms with Gasteiger partial charge in [0.15, 0.2) is 0 Å². The second-order valence-corrected chi connectivity index (χ2v) is 9.12. The SMILES string of the molecule is O=C(NCCS(=O)(=O)N1CCOCC1)C1CC1c1ccc(Br)cc1. The molecule has 1 saturated carbocycles. The molecule has 2 atom stereocenters. The van der Waals surface area contributed by atoms with Gasteiger partial charge in [0, 0.05) is 30.0 Å². The molecule has 1 aliphatic carbocycles. The first kappa shape index (κ1) is 17.8. The van der Waals surface area contributed by atoms with Crippen LogP contribution in [0.15, 0.2) is 28.7 Å². The first-order valence-electron chi connectivity index (χ1n) is 8.06. The van der Waals surface area contributed by atoms with E-state index in [9.17, 15) is 13.2 Å². The van der Waals surface area contributed by atoms with E-state index in [1.54, 1.807) is 0 Å². The predicted octanol–water partition coefficient (Wildman–Crippen LogP) is 1.33. The molecule has 2 unspecified atom stereocenters. The highest BCUT2D eigenvalue weighted by atomic mass is 79.9. The molecule has 24 heavy (non-hydrogen) atoms. The van der Waals surface area contributed by atoms with Crippen molar-refractivity contribution in [3.05, 3.63) is 34.3 Å². The molecule has 1 aliphatic heterocycles. The van der Waals surface area contributed by atoms with Gasteiger partial charge in [-0.05, 0) is 30.0 Å². The van der Waals surface area contributed by atoms with Gasteiger partial charge in [0.25, 0.3) is 0 Å². The second kappa shape index (κ2) is 7.51. The Morgan fingerprint density at radius 2 is 1.92 bits per heavy atom. The standard InChI is InChI=1S/C16H21BrN2O4S/c17-13-3-1-12(2-4-13)14-11-15(14)16(20)18-5-10-24(21,22)19-6-8-23-9-7-19/h1-4,14-15H,5-11H2,(H,18,20). The number of sulfonamides is 1. The molecule has 3 rings (SSSR count). The fourth-order valence-electron chi connectivity index (χ4n) is 2.95. The van der Waals surface area contributed by atoms with Gasteiger partial charge in [0.05, 0.1) is 19.0 Å². The van der Waals surface area contributed by atoms with Crippen LogP contribution in [0.25, 0.3) is 0 Å². The highest BCUT2D eigenvalue weighted by Gasteiger charge is 2.43. The Hall–Kier alpha value is -0.960. The van der Waals surface area contributed by atoms with E-state index in [2.05, 4.69) is 21.2 Å². The number of carbonyl (C=O) groups is 1. The number of hydrogen-bond donors (Lipinski definition) is 1. The van der Waals surface area contributed by atoms with E-state index in [1.807, 2.05) is 24.3 Å². The molecule has 1 heterocycles. The molecule has 1 amide bonds. The maximum atomic E-state index is 12.2. The predicted molar refractivity (Wildman–Crippen MR) is 94.2 cm³/mol. The fourth-order valence-corrected chi connectivity index (χ4v) is 4.54. The molecular formula is C16H21BrN2O4S. The molecule has 6 nitrogen and oxygen atoms in total. The average Bonchev–Trinajstić information content (AvgIpc) is 3.37. The number of nitrogens with one attached hydrogen (secondary N) is 1. The molecule has 8 heteroatoms. The number of halogens is 1. The van der Waals surface area contributed by atoms with Crippen LogP contribution >= 0.6 is 15.9 Å². The summed E-state index contributed by atoms with van der Waals surface area (Å²) in [6.45, 7) is 1.81. The van der Waals surface area contributed by atoms with E-state index in [4.69, 9.17) is 4.74 Å². The summed E-state index contributed by atoms with van der Waals surface area (Å²) < 4.78 is 32.0. The molecular weight excluding hydrogens is 396 g/mol. The van der Waals surface area contributed by atoms with Crippen LogP contribution in [0.2, 0.25) is 0 Å². The van der Waals surface area contributed by atoms with Gasteiger partial charge in [0.2, 0.25) is 15.9 Å². The molecule has 1 saturated heterocycles. The third-order valence-corrected chi connectivity index (χ3v) is 6.85. The Morgan fingerprint density at radius 3 is 2.58 bits per heavy atom. The normalized spacial score (nSPS) is 24.5. The maximum Gasteiger partial charge on any atom is 0.223 e. The zero-order valence-electron chi connectivity index (χ0n) is 13.3. The van der Waals surface area contributed by atoms with Crippen LogP contribution in [0.5, 0.6) is 0 Å². The number of nitrogens with zero attached hydrogens (tertiary/aromatic N) is 1. The van der Waals surface area contributed by atoms with Gasteiger partial charge in [-0.2, -0.15) is 4.31 Å². The van der Waals surface area contributed by atoms with Gasteiger partial charge >= 0.3 is 0 Å². The minimum Gasteiger partial charge on any atom is -0.379 e. The minimum absolute atomic E-state index is 0.0442. The summed E-state index contributed by atoms with van der Waals surface area (Å²) in [6, 6.07) is 7.98. The summed E-state index contributed by atoms with van der Waals surface area (Å²) in [5.74, 6) is 0.0836. The van der Waals surface area contributed by atoms with Gasteiger partial charge in [-0.3, -0.25) is 4.79 Å². The number of carbonyl (C=O) groups excluding carboxylic acids is 1. The second-order valence-electron chi connectivity index (χ2n) is 6.12. The van der Waals surface area contributed by atoms with Crippen molar-refractivity contribution in [2.45, 2.75) is 12.3 Å². The molecule has 132 valence electrons. The molecule has 1 aromatic carbocycles. The third-order valence-electron chi connectivity index (χ3n) is 4.45. The molecule has 0 aromatic heterocycles. The maximum absolute atomic E-state index is 12.2. The topological polar surface area (TPSA) is 75.7 Å². The van der Waals surface area contributed by atoms with Crippen molar-refractivity contribution in [1.29, 1.82) is 0 Å². The first-order chi connectivity index (χ1) is 11.5. The third kappa shape index (κ3) is 4.36. The van der Waals surface area contributed by atoms with Crippen LogP contribution in [0, 0.1) is 5.92 Å². The lowest BCUT2D eigenvalue weighted by molar-refractivity contribution is -0.122. The van der Waals surface area contributed by atoms with Crippen molar-refractivity contribution in [2.75, 3.05) is 38.6 Å². The highest BCUT2D eigenvalue weighted by Crippen LogP contribution is 2.47. The summed E-state index contributed by atoms with van der Waals surface area (Å²) in [5.41, 5.74) is 1.15. The van der Waals surface area contributed by atoms with E-state index in [1.165, 1.54) is 4.31 Å². The summed E-state index contributed by atoms with van der Waals surface area (Å²) in [7, 11) is -3.32. The van der Waals surface area contributed by atoms with Crippen LogP contribution in [-0.2, 0) is 19.6 Å². The molecule has 0 bridgehead atoms. The van der Waals surface area contributed by atoms with Crippen molar-refractivity contribution in [1.82, 2.24) is 9.62 Å². The van der Waals surface area contributed by atoms with Gasteiger partial charge in [-0.25, -0.2) is 8.42 Å². The van der Waals surface area contributed by atoms with Crippen LogP contribution in [0.4, 0.5) is 0 Å². The van der Waals surface area contributed by atoms with Crippen molar-refractivity contribution in [3.63, 3.8) is 0 Å². The Kier molecular flexibility index (Phi) is 5.59. The average molecular weight is 417 g/mol. The van der Waals surface area contributed by atoms with Crippen LogP contribution in [0.1, 0.15) is 17.9 Å². The van der Waals surface area contributed by atoms with E-state index in [-0.39, 0.29) is 30.0 Å². The zero-order valence-corrected chi connectivity index (χ0v) is 15.7. The lowest BCUT2D eigenvalue weighted by Gasteiger charge is -2.26. The summed E-state index contributed by atoms with van der Waals surface area (Å²) >= 11 is 3.40. The van der Waals surface area contributed by atoms with Crippen LogP contribution in [-0.4, -0.2) is 57.2 Å². The van der Waals surface area contributed by atoms with E-state index in [0.717, 1.165) is 16.5 Å². The number of morpholine rings is 1. The van der Waals surface area contributed by atoms with E-state index < -0.39 is 10.0 Å². The lowest BCUT2D eigenvalue weighted by atomic mass is 10.1. The molecule has 0 radical (unpaired) electrons. The molecule has 0 spiro atoms. The number of hydrogen-bond acceptors (Lipinski definition) is 4. The Morgan fingerprint density at radius 1 is 1.25 bits per heavy atom. The Bertz CT molecular complexity index is 687. The van der Waals surface area contributed by atoms with Gasteiger partial charge in [-0.1, -0.05) is 28.1 Å². The van der Waals surface area contributed by atoms with E-state index in [0.29, 0.717) is 26.3 Å². The van der Waals surface area contributed by atoms with Crippen LogP contribution < -0.4 is 5.32 Å². The van der Waals surface area contributed by atoms with Gasteiger partial charge < -0.3 is 10.1 Å². The monoisotopic (exact) mass is 416 g/mol. The number of ether oxygens (including phenoxy) is 1. The molecule has 1 aromatic rings. The fraction of sp³-hybridized carbons (Fsp3) is 0.562. The highest BCUT2D eigenvalue weighted by molar-refractivity contribution is 9.10. The quantitative estimate of drug-likeness (QED) is 0.758.